The molecule has 2 aromatic rings. The third-order valence-corrected chi connectivity index (χ3v) is 7.86. The summed E-state index contributed by atoms with van der Waals surface area (Å²) in [6.45, 7) is 1.38. The molecule has 3 aliphatic carbocycles. The predicted octanol–water partition coefficient (Wildman–Crippen LogP) is 0.498. The fourth-order valence-corrected chi connectivity index (χ4v) is 6.06. The van der Waals surface area contributed by atoms with E-state index < -0.39 is 76.6 Å². The molecule has 10 nitrogen and oxygen atoms in total. The number of nitrogens with two attached hydrogens (primary N) is 1. The number of benzene rings is 2. The first kappa shape index (κ1) is 25.4. The summed E-state index contributed by atoms with van der Waals surface area (Å²) in [5, 5.41) is 33.5. The Morgan fingerprint density at radius 2 is 1.74 bits per heavy atom. The van der Waals surface area contributed by atoms with Crippen molar-refractivity contribution in [1.82, 2.24) is 0 Å². The van der Waals surface area contributed by atoms with Gasteiger partial charge in [0.2, 0.25) is 5.91 Å². The molecule has 38 heavy (non-hydrogen) atoms. The van der Waals surface area contributed by atoms with Crippen LogP contribution in [0, 0.1) is 23.7 Å². The molecule has 0 aliphatic heterocycles. The van der Waals surface area contributed by atoms with Gasteiger partial charge in [-0.3, -0.25) is 28.8 Å². The first-order chi connectivity index (χ1) is 17.9. The molecule has 0 bridgehead atoms. The van der Waals surface area contributed by atoms with Gasteiger partial charge in [0.25, 0.3) is 0 Å². The van der Waals surface area contributed by atoms with Gasteiger partial charge in [-0.2, -0.15) is 0 Å². The van der Waals surface area contributed by atoms with Crippen LogP contribution in [0.4, 0.5) is 0 Å². The number of aliphatic hydroxyl groups is 2. The normalized spacial score (nSPS) is 31.4. The summed E-state index contributed by atoms with van der Waals surface area (Å²) >= 11 is 0. The number of rotatable bonds is 3. The van der Waals surface area contributed by atoms with Crippen LogP contribution < -0.4 is 5.73 Å². The van der Waals surface area contributed by atoms with Crippen LogP contribution in [0.15, 0.2) is 42.5 Å². The molecule has 10 heteroatoms. The second kappa shape index (κ2) is 8.64. The number of hydrogen-bond acceptors (Lipinski definition) is 9. The standard InChI is InChI=1S/C28H23NO9/c1-11(30)13-5-2-4-12(8-13)9-15-14-6-3-7-17(31)19(14)24(34)22-20(15)23(33)16-10-18(32)21(27(29)37)25(35)28(16,38)26(22)36/h2-9,16,20-23,31,33,38H,10H2,1H3,(H2,29,37)/t16-,20-,21?,22?,23-,28-/m1/s1. The number of aliphatic hydroxyl groups excluding tert-OH is 1. The Morgan fingerprint density at radius 3 is 2.39 bits per heavy atom. The first-order valence-electron chi connectivity index (χ1n) is 11.9. The van der Waals surface area contributed by atoms with E-state index in [0.717, 1.165) is 0 Å². The number of ketones is 5. The number of phenols is 1. The smallest absolute Gasteiger partial charge is 0.235 e. The van der Waals surface area contributed by atoms with Gasteiger partial charge >= 0.3 is 0 Å². The molecule has 194 valence electrons. The van der Waals surface area contributed by atoms with Gasteiger partial charge in [-0.05, 0) is 35.8 Å². The average Bonchev–Trinajstić information content (AvgIpc) is 2.86. The summed E-state index contributed by atoms with van der Waals surface area (Å²) in [5.74, 6) is -13.4. The average molecular weight is 517 g/mol. The molecule has 0 saturated heterocycles. The Morgan fingerprint density at radius 1 is 1.05 bits per heavy atom. The molecular weight excluding hydrogens is 494 g/mol. The molecule has 0 heterocycles. The van der Waals surface area contributed by atoms with Crippen molar-refractivity contribution in [2.45, 2.75) is 25.0 Å². The second-order valence-electron chi connectivity index (χ2n) is 9.95. The van der Waals surface area contributed by atoms with Crippen LogP contribution in [-0.2, 0) is 19.2 Å². The zero-order valence-electron chi connectivity index (χ0n) is 20.1. The fourth-order valence-electron chi connectivity index (χ4n) is 6.06. The van der Waals surface area contributed by atoms with Crippen LogP contribution >= 0.6 is 0 Å². The van der Waals surface area contributed by atoms with Gasteiger partial charge in [-0.25, -0.2) is 0 Å². The Bertz CT molecular complexity index is 1510. The highest BCUT2D eigenvalue weighted by Gasteiger charge is 2.69. The predicted molar refractivity (Wildman–Crippen MR) is 131 cm³/mol. The molecule has 0 aromatic heterocycles. The van der Waals surface area contributed by atoms with Crippen LogP contribution in [0.5, 0.6) is 5.75 Å². The highest BCUT2D eigenvalue weighted by molar-refractivity contribution is 6.32. The van der Waals surface area contributed by atoms with E-state index in [2.05, 4.69) is 0 Å². The van der Waals surface area contributed by atoms with Gasteiger partial charge in [-0.15, -0.1) is 0 Å². The summed E-state index contributed by atoms with van der Waals surface area (Å²) in [5.41, 5.74) is 3.27. The summed E-state index contributed by atoms with van der Waals surface area (Å²) in [6, 6.07) is 10.7. The van der Waals surface area contributed by atoms with Gasteiger partial charge < -0.3 is 21.1 Å². The lowest BCUT2D eigenvalue weighted by Crippen LogP contribution is -2.72. The van der Waals surface area contributed by atoms with E-state index in [1.807, 2.05) is 0 Å². The Hall–Kier alpha value is -4.28. The van der Waals surface area contributed by atoms with Gasteiger partial charge in [-0.1, -0.05) is 36.4 Å². The fraction of sp³-hybridized carbons (Fsp3) is 0.286. The van der Waals surface area contributed by atoms with Crippen molar-refractivity contribution in [2.24, 2.45) is 29.4 Å². The van der Waals surface area contributed by atoms with Crippen molar-refractivity contribution in [3.8, 4) is 5.75 Å². The highest BCUT2D eigenvalue weighted by Crippen LogP contribution is 2.54. The van der Waals surface area contributed by atoms with E-state index in [9.17, 15) is 44.1 Å². The second-order valence-corrected chi connectivity index (χ2v) is 9.95. The molecule has 5 rings (SSSR count). The lowest BCUT2D eigenvalue weighted by atomic mass is 9.51. The molecule has 3 aliphatic rings. The molecule has 2 aromatic carbocycles. The number of primary amides is 1. The third-order valence-electron chi connectivity index (χ3n) is 7.86. The van der Waals surface area contributed by atoms with Crippen molar-refractivity contribution in [3.63, 3.8) is 0 Å². The van der Waals surface area contributed by atoms with E-state index in [1.165, 1.54) is 25.1 Å². The molecule has 0 spiro atoms. The highest BCUT2D eigenvalue weighted by atomic mass is 16.3. The maximum Gasteiger partial charge on any atom is 0.235 e. The minimum absolute atomic E-state index is 0.207. The van der Waals surface area contributed by atoms with E-state index in [0.29, 0.717) is 11.1 Å². The molecular formula is C28H23NO9. The van der Waals surface area contributed by atoms with E-state index in [-0.39, 0.29) is 22.5 Å². The van der Waals surface area contributed by atoms with Crippen molar-refractivity contribution in [2.75, 3.05) is 0 Å². The molecule has 2 fully saturated rings. The van der Waals surface area contributed by atoms with Crippen molar-refractivity contribution >= 4 is 46.5 Å². The van der Waals surface area contributed by atoms with Crippen LogP contribution in [0.25, 0.3) is 11.6 Å². The number of aromatic hydroxyl groups is 1. The van der Waals surface area contributed by atoms with Gasteiger partial charge in [0, 0.05) is 23.8 Å². The largest absolute Gasteiger partial charge is 0.507 e. The van der Waals surface area contributed by atoms with E-state index in [1.54, 1.807) is 30.3 Å². The van der Waals surface area contributed by atoms with Gasteiger partial charge in [0.05, 0.1) is 17.6 Å². The topological polar surface area (TPSA) is 189 Å². The number of carbonyl (C=O) groups excluding carboxylic acids is 6. The number of amides is 1. The minimum atomic E-state index is -3.01. The summed E-state index contributed by atoms with van der Waals surface area (Å²) in [7, 11) is 0. The first-order valence-corrected chi connectivity index (χ1v) is 11.9. The van der Waals surface area contributed by atoms with E-state index >= 15 is 0 Å². The maximum absolute atomic E-state index is 13.8. The number of fused-ring (bicyclic) bond motifs is 3. The molecule has 6 atom stereocenters. The van der Waals surface area contributed by atoms with Gasteiger partial charge in [0.15, 0.2) is 40.4 Å². The number of Topliss-reactive ketones (excluding diaryl/α,β-unsaturated/α-hetero) is 5. The SMILES string of the molecule is CC(=O)c1cccc(C=C2c3cccc(O)c3C(=O)C3C(=O)[C@]4(O)C(=O)C(C(N)=O)C(=O)C[C@@H]4[C@@H](O)[C@H]23)c1. The Kier molecular flexibility index (Phi) is 5.77. The van der Waals surface area contributed by atoms with Crippen molar-refractivity contribution in [1.29, 1.82) is 0 Å². The lowest BCUT2D eigenvalue weighted by molar-refractivity contribution is -0.185. The lowest BCUT2D eigenvalue weighted by Gasteiger charge is -2.51. The van der Waals surface area contributed by atoms with Crippen LogP contribution in [0.3, 0.4) is 0 Å². The Labute approximate surface area is 215 Å². The number of phenolic OH excluding ortho intramolecular Hbond substituents is 1. The van der Waals surface area contributed by atoms with E-state index in [4.69, 9.17) is 5.73 Å². The minimum Gasteiger partial charge on any atom is -0.507 e. The quantitative estimate of drug-likeness (QED) is 0.332. The van der Waals surface area contributed by atoms with Crippen molar-refractivity contribution < 1.29 is 44.1 Å². The van der Waals surface area contributed by atoms with Gasteiger partial charge in [0.1, 0.15) is 5.75 Å². The Balaban J connectivity index is 1.75. The summed E-state index contributed by atoms with van der Waals surface area (Å²) in [4.78, 5) is 77.0. The molecule has 2 saturated carbocycles. The van der Waals surface area contributed by atoms with Crippen LogP contribution in [-0.4, -0.2) is 61.8 Å². The molecule has 0 radical (unpaired) electrons. The maximum atomic E-state index is 13.8. The number of hydrogen-bond donors (Lipinski definition) is 4. The van der Waals surface area contributed by atoms with Crippen LogP contribution in [0.2, 0.25) is 0 Å². The zero-order chi connectivity index (χ0) is 27.7. The van der Waals surface area contributed by atoms with Crippen molar-refractivity contribution in [3.05, 3.63) is 64.7 Å². The summed E-state index contributed by atoms with van der Waals surface area (Å²) < 4.78 is 0. The summed E-state index contributed by atoms with van der Waals surface area (Å²) in [6.07, 6.45) is -0.889. The van der Waals surface area contributed by atoms with Crippen LogP contribution in [0.1, 0.15) is 45.2 Å². The zero-order valence-corrected chi connectivity index (χ0v) is 20.1. The number of carbonyl (C=O) groups is 6. The third kappa shape index (κ3) is 3.41. The molecule has 1 amide bonds. The molecule has 5 N–H and O–H groups in total. The monoisotopic (exact) mass is 517 g/mol. The molecule has 2 unspecified atom stereocenters.